The first-order valence-corrected chi connectivity index (χ1v) is 5.84. The van der Waals surface area contributed by atoms with E-state index in [0.717, 1.165) is 4.47 Å². The number of aromatic carboxylic acids is 1. The van der Waals surface area contributed by atoms with Crippen LogP contribution in [0.4, 0.5) is 0 Å². The number of pyridine rings is 1. The van der Waals surface area contributed by atoms with Crippen molar-refractivity contribution in [3.63, 3.8) is 0 Å². The van der Waals surface area contributed by atoms with Gasteiger partial charge in [-0.05, 0) is 22.0 Å². The number of aromatic nitrogens is 3. The lowest BCUT2D eigenvalue weighted by Gasteiger charge is -2.07. The molecule has 0 aliphatic carbocycles. The number of rotatable bonds is 4. The van der Waals surface area contributed by atoms with Crippen LogP contribution in [0.2, 0.25) is 0 Å². The Morgan fingerprint density at radius 2 is 2.28 bits per heavy atom. The van der Waals surface area contributed by atoms with Gasteiger partial charge in [0.05, 0.1) is 18.1 Å². The molecule has 0 saturated heterocycles. The zero-order valence-corrected chi connectivity index (χ0v) is 11.1. The van der Waals surface area contributed by atoms with Crippen LogP contribution >= 0.6 is 15.9 Å². The van der Waals surface area contributed by atoms with Crippen molar-refractivity contribution in [3.05, 3.63) is 40.4 Å². The van der Waals surface area contributed by atoms with E-state index in [1.54, 1.807) is 25.5 Å². The van der Waals surface area contributed by atoms with Crippen molar-refractivity contribution in [3.8, 4) is 5.75 Å². The summed E-state index contributed by atoms with van der Waals surface area (Å²) in [6.07, 6.45) is 4.50. The molecular weight excluding hydrogens is 302 g/mol. The van der Waals surface area contributed by atoms with Crippen LogP contribution in [0.5, 0.6) is 5.75 Å². The number of carboxylic acid groups (broad SMARTS) is 1. The number of aryl methyl sites for hydroxylation is 1. The zero-order valence-electron chi connectivity index (χ0n) is 9.50. The molecule has 0 saturated carbocycles. The van der Waals surface area contributed by atoms with Gasteiger partial charge in [0.15, 0.2) is 0 Å². The third kappa shape index (κ3) is 2.67. The molecule has 2 heterocycles. The Balaban J connectivity index is 2.15. The molecule has 0 aromatic carbocycles. The summed E-state index contributed by atoms with van der Waals surface area (Å²) in [4.78, 5) is 14.9. The lowest BCUT2D eigenvalue weighted by molar-refractivity contribution is 0.0693. The SMILES string of the molecule is Cn1ncc(C(=O)O)c1COc1cncc(Br)c1. The highest BCUT2D eigenvalue weighted by Gasteiger charge is 2.15. The average molecular weight is 312 g/mol. The van der Waals surface area contributed by atoms with E-state index in [-0.39, 0.29) is 12.2 Å². The van der Waals surface area contributed by atoms with Crippen molar-refractivity contribution in [1.82, 2.24) is 14.8 Å². The Kier molecular flexibility index (Phi) is 3.61. The van der Waals surface area contributed by atoms with Crippen LogP contribution in [0.25, 0.3) is 0 Å². The van der Waals surface area contributed by atoms with Crippen LogP contribution < -0.4 is 4.74 Å². The summed E-state index contributed by atoms with van der Waals surface area (Å²) in [7, 11) is 1.67. The van der Waals surface area contributed by atoms with E-state index in [2.05, 4.69) is 26.0 Å². The largest absolute Gasteiger partial charge is 0.486 e. The van der Waals surface area contributed by atoms with Gasteiger partial charge in [0.1, 0.15) is 17.9 Å². The van der Waals surface area contributed by atoms with Crippen molar-refractivity contribution in [2.24, 2.45) is 7.05 Å². The number of carbonyl (C=O) groups is 1. The maximum atomic E-state index is 11.0. The van der Waals surface area contributed by atoms with Crippen molar-refractivity contribution in [1.29, 1.82) is 0 Å². The first-order valence-electron chi connectivity index (χ1n) is 5.05. The van der Waals surface area contributed by atoms with Gasteiger partial charge in [0.2, 0.25) is 0 Å². The van der Waals surface area contributed by atoms with E-state index in [4.69, 9.17) is 9.84 Å². The van der Waals surface area contributed by atoms with Gasteiger partial charge in [0, 0.05) is 17.7 Å². The van der Waals surface area contributed by atoms with Gasteiger partial charge in [-0.1, -0.05) is 0 Å². The minimum atomic E-state index is -1.02. The predicted octanol–water partition coefficient (Wildman–Crippen LogP) is 1.85. The summed E-state index contributed by atoms with van der Waals surface area (Å²) >= 11 is 3.28. The van der Waals surface area contributed by atoms with Crippen LogP contribution in [0.1, 0.15) is 16.1 Å². The Bertz CT molecular complexity index is 583. The summed E-state index contributed by atoms with van der Waals surface area (Å²) in [6.45, 7) is 0.121. The van der Waals surface area contributed by atoms with Crippen LogP contribution in [-0.2, 0) is 13.7 Å². The molecule has 0 aliphatic rings. The quantitative estimate of drug-likeness (QED) is 0.932. The smallest absolute Gasteiger partial charge is 0.339 e. The summed E-state index contributed by atoms with van der Waals surface area (Å²) < 4.78 is 7.76. The van der Waals surface area contributed by atoms with Crippen molar-refractivity contribution in [2.75, 3.05) is 0 Å². The minimum Gasteiger partial charge on any atom is -0.486 e. The molecule has 2 aromatic heterocycles. The maximum absolute atomic E-state index is 11.0. The second kappa shape index (κ2) is 5.18. The monoisotopic (exact) mass is 311 g/mol. The van der Waals surface area contributed by atoms with Crippen molar-refractivity contribution in [2.45, 2.75) is 6.61 Å². The molecule has 18 heavy (non-hydrogen) atoms. The van der Waals surface area contributed by atoms with Gasteiger partial charge in [-0.15, -0.1) is 0 Å². The Morgan fingerprint density at radius 3 is 2.94 bits per heavy atom. The molecule has 0 amide bonds. The van der Waals surface area contributed by atoms with Gasteiger partial charge in [0.25, 0.3) is 0 Å². The Hall–Kier alpha value is -1.89. The summed E-state index contributed by atoms with van der Waals surface area (Å²) in [5.74, 6) is -0.462. The lowest BCUT2D eigenvalue weighted by Crippen LogP contribution is -2.08. The standard InChI is InChI=1S/C11H10BrN3O3/c1-15-10(9(5-14-15)11(16)17)6-18-8-2-7(12)3-13-4-8/h2-5H,6H2,1H3,(H,16,17). The number of nitrogens with zero attached hydrogens (tertiary/aromatic N) is 3. The fourth-order valence-corrected chi connectivity index (χ4v) is 1.78. The third-order valence-corrected chi connectivity index (χ3v) is 2.78. The molecule has 0 radical (unpaired) electrons. The zero-order chi connectivity index (χ0) is 13.1. The number of hydrogen-bond donors (Lipinski definition) is 1. The van der Waals surface area contributed by atoms with Crippen LogP contribution in [0.3, 0.4) is 0 Å². The molecule has 0 unspecified atom stereocenters. The molecule has 0 spiro atoms. The van der Waals surface area contributed by atoms with Crippen molar-refractivity contribution < 1.29 is 14.6 Å². The fraction of sp³-hybridized carbons (Fsp3) is 0.182. The van der Waals surface area contributed by atoms with E-state index in [1.807, 2.05) is 0 Å². The van der Waals surface area contributed by atoms with Crippen LogP contribution in [0, 0.1) is 0 Å². The highest BCUT2D eigenvalue weighted by molar-refractivity contribution is 9.10. The first kappa shape index (κ1) is 12.6. The van der Waals surface area contributed by atoms with Crippen molar-refractivity contribution >= 4 is 21.9 Å². The van der Waals surface area contributed by atoms with Gasteiger partial charge < -0.3 is 9.84 Å². The first-order chi connectivity index (χ1) is 8.58. The van der Waals surface area contributed by atoms with Gasteiger partial charge in [-0.3, -0.25) is 9.67 Å². The number of hydrogen-bond acceptors (Lipinski definition) is 4. The number of ether oxygens (including phenoxy) is 1. The fourth-order valence-electron chi connectivity index (χ4n) is 1.44. The molecule has 0 aliphatic heterocycles. The van der Waals surface area contributed by atoms with Crippen LogP contribution in [0.15, 0.2) is 29.1 Å². The van der Waals surface area contributed by atoms with E-state index >= 15 is 0 Å². The normalized spacial score (nSPS) is 10.3. The summed E-state index contributed by atoms with van der Waals surface area (Å²) in [5.41, 5.74) is 0.642. The molecule has 6 nitrogen and oxygen atoms in total. The molecule has 7 heteroatoms. The van der Waals surface area contributed by atoms with Gasteiger partial charge in [-0.25, -0.2) is 4.79 Å². The highest BCUT2D eigenvalue weighted by atomic mass is 79.9. The second-order valence-corrected chi connectivity index (χ2v) is 4.48. The molecule has 2 aromatic rings. The molecular formula is C11H10BrN3O3. The van der Waals surface area contributed by atoms with E-state index in [9.17, 15) is 4.79 Å². The average Bonchev–Trinajstić information content (AvgIpc) is 2.68. The Labute approximate surface area is 111 Å². The molecule has 1 N–H and O–H groups in total. The summed E-state index contributed by atoms with van der Waals surface area (Å²) in [5, 5.41) is 12.9. The molecule has 0 bridgehead atoms. The summed E-state index contributed by atoms with van der Waals surface area (Å²) in [6, 6.07) is 1.75. The predicted molar refractivity (Wildman–Crippen MR) is 66.4 cm³/mol. The molecule has 2 rings (SSSR count). The lowest BCUT2D eigenvalue weighted by atomic mass is 10.2. The molecule has 0 fully saturated rings. The highest BCUT2D eigenvalue weighted by Crippen LogP contribution is 2.18. The van der Waals surface area contributed by atoms with Gasteiger partial charge >= 0.3 is 5.97 Å². The van der Waals surface area contributed by atoms with E-state index < -0.39 is 5.97 Å². The Morgan fingerprint density at radius 1 is 1.50 bits per heavy atom. The van der Waals surface area contributed by atoms with E-state index in [0.29, 0.717) is 11.4 Å². The van der Waals surface area contributed by atoms with E-state index in [1.165, 1.54) is 10.9 Å². The number of halogens is 1. The van der Waals surface area contributed by atoms with Gasteiger partial charge in [-0.2, -0.15) is 5.10 Å². The maximum Gasteiger partial charge on any atom is 0.339 e. The minimum absolute atomic E-state index is 0.121. The van der Waals surface area contributed by atoms with Crippen LogP contribution in [-0.4, -0.2) is 25.8 Å². The third-order valence-electron chi connectivity index (χ3n) is 2.35. The topological polar surface area (TPSA) is 77.2 Å². The molecule has 0 atom stereocenters. The second-order valence-electron chi connectivity index (χ2n) is 3.56. The molecule has 94 valence electrons. The number of carboxylic acids is 1.